The fraction of sp³-hybridized carbons (Fsp3) is 0.800. The van der Waals surface area contributed by atoms with Crippen molar-refractivity contribution in [2.24, 2.45) is 0 Å². The molecule has 3 heteroatoms. The van der Waals surface area contributed by atoms with E-state index < -0.39 is 23.8 Å². The van der Waals surface area contributed by atoms with Gasteiger partial charge in [0, 0.05) is 0 Å². The number of hydrogen-bond donors (Lipinski definition) is 1. The summed E-state index contributed by atoms with van der Waals surface area (Å²) in [6, 6.07) is 0. The first-order valence-corrected chi connectivity index (χ1v) is 7.23. The normalized spacial score (nSPS) is 11.0. The minimum absolute atomic E-state index is 0.531. The van der Waals surface area contributed by atoms with E-state index in [2.05, 4.69) is 0 Å². The van der Waals surface area contributed by atoms with Crippen molar-refractivity contribution in [2.75, 3.05) is 9.36 Å². The van der Waals surface area contributed by atoms with Gasteiger partial charge in [0.05, 0.1) is 0 Å². The first-order valence-electron chi connectivity index (χ1n) is 2.47. The first-order chi connectivity index (χ1) is 3.68. The van der Waals surface area contributed by atoms with Gasteiger partial charge in [0.25, 0.3) is 0 Å². The van der Waals surface area contributed by atoms with Crippen molar-refractivity contribution >= 4 is 23.8 Å². The standard InChI is InChI=1S/C5H11IO2/c1-3-4-6(2)5(7)8/h3-4H2,1-2H3,(H,7,8). The fourth-order valence-electron chi connectivity index (χ4n) is 0.364. The summed E-state index contributed by atoms with van der Waals surface area (Å²) in [4.78, 5) is 12.0. The number of hydrogen-bond acceptors (Lipinski definition) is 1. The van der Waals surface area contributed by atoms with Crippen LogP contribution in [0.3, 0.4) is 0 Å². The van der Waals surface area contributed by atoms with Crippen LogP contribution in [0, 0.1) is 0 Å². The van der Waals surface area contributed by atoms with E-state index in [0.29, 0.717) is 0 Å². The summed E-state index contributed by atoms with van der Waals surface area (Å²) in [5.41, 5.74) is 0. The van der Waals surface area contributed by atoms with Crippen molar-refractivity contribution in [1.29, 1.82) is 0 Å². The quantitative estimate of drug-likeness (QED) is 0.458. The van der Waals surface area contributed by atoms with Gasteiger partial charge in [0.15, 0.2) is 0 Å². The average Bonchev–Trinajstić information content (AvgIpc) is 1.67. The Kier molecular flexibility index (Phi) is 4.22. The molecule has 0 aromatic rings. The van der Waals surface area contributed by atoms with Gasteiger partial charge in [-0.05, 0) is 0 Å². The van der Waals surface area contributed by atoms with Gasteiger partial charge < -0.3 is 0 Å². The Labute approximate surface area is 56.7 Å². The molecule has 0 unspecified atom stereocenters. The molecule has 0 saturated carbocycles. The summed E-state index contributed by atoms with van der Waals surface area (Å²) in [5, 5.41) is 8.38. The Morgan fingerprint density at radius 3 is 2.38 bits per heavy atom. The van der Waals surface area contributed by atoms with E-state index >= 15 is 0 Å². The van der Waals surface area contributed by atoms with Crippen LogP contribution in [-0.4, -0.2) is 18.4 Å². The predicted octanol–water partition coefficient (Wildman–Crippen LogP) is 2.21. The summed E-state index contributed by atoms with van der Waals surface area (Å²) < 4.78 is 0.412. The number of alkyl halides is 2. The van der Waals surface area contributed by atoms with E-state index in [1.54, 1.807) is 0 Å². The molecule has 0 aromatic carbocycles. The second-order valence-electron chi connectivity index (χ2n) is 1.53. The Bertz CT molecular complexity index is 82.5. The van der Waals surface area contributed by atoms with E-state index in [9.17, 15) is 4.79 Å². The molecule has 0 radical (unpaired) electrons. The molecule has 0 spiro atoms. The Morgan fingerprint density at radius 1 is 1.75 bits per heavy atom. The van der Waals surface area contributed by atoms with Gasteiger partial charge in [0.2, 0.25) is 0 Å². The average molecular weight is 230 g/mol. The van der Waals surface area contributed by atoms with Gasteiger partial charge in [-0.1, -0.05) is 0 Å². The number of rotatable bonds is 3. The monoisotopic (exact) mass is 230 g/mol. The summed E-state index contributed by atoms with van der Waals surface area (Å²) in [5.74, 6) is 0. The molecule has 8 heavy (non-hydrogen) atoms. The van der Waals surface area contributed by atoms with E-state index in [1.165, 1.54) is 0 Å². The van der Waals surface area contributed by atoms with Gasteiger partial charge in [0.1, 0.15) is 0 Å². The molecule has 0 saturated heterocycles. The van der Waals surface area contributed by atoms with Crippen LogP contribution in [0.25, 0.3) is 0 Å². The van der Waals surface area contributed by atoms with Gasteiger partial charge >= 0.3 is 56.4 Å². The Morgan fingerprint density at radius 2 is 2.25 bits per heavy atom. The first kappa shape index (κ1) is 8.20. The zero-order chi connectivity index (χ0) is 6.57. The maximum atomic E-state index is 10.2. The van der Waals surface area contributed by atoms with Crippen LogP contribution in [0.5, 0.6) is 0 Å². The molecule has 1 N–H and O–H groups in total. The molecular weight excluding hydrogens is 219 g/mol. The van der Waals surface area contributed by atoms with Crippen LogP contribution >= 0.6 is 19.8 Å². The molecule has 0 rings (SSSR count). The summed E-state index contributed by atoms with van der Waals surface area (Å²) >= 11 is -1.51. The van der Waals surface area contributed by atoms with E-state index in [4.69, 9.17) is 5.11 Å². The molecule has 0 aromatic heterocycles. The molecule has 2 nitrogen and oxygen atoms in total. The predicted molar refractivity (Wildman–Crippen MR) is 43.1 cm³/mol. The third-order valence-corrected chi connectivity index (χ3v) is 5.02. The fourth-order valence-corrected chi connectivity index (χ4v) is 2.44. The Hall–Kier alpha value is 0.200. The van der Waals surface area contributed by atoms with Gasteiger partial charge in [-0.15, -0.1) is 0 Å². The van der Waals surface area contributed by atoms with Crippen LogP contribution in [0.1, 0.15) is 13.3 Å². The molecule has 0 aliphatic rings. The van der Waals surface area contributed by atoms with Crippen LogP contribution in [0.2, 0.25) is 0 Å². The molecule has 0 fully saturated rings. The molecule has 0 bridgehead atoms. The van der Waals surface area contributed by atoms with Gasteiger partial charge in [-0.3, -0.25) is 0 Å². The van der Waals surface area contributed by atoms with Crippen molar-refractivity contribution < 1.29 is 9.90 Å². The van der Waals surface area contributed by atoms with Crippen molar-refractivity contribution in [3.8, 4) is 0 Å². The zero-order valence-electron chi connectivity index (χ0n) is 5.15. The third-order valence-electron chi connectivity index (χ3n) is 0.748. The van der Waals surface area contributed by atoms with Crippen molar-refractivity contribution in [3.63, 3.8) is 0 Å². The molecule has 0 aliphatic heterocycles. The molecular formula is C5H11IO2. The Balaban J connectivity index is 3.32. The van der Waals surface area contributed by atoms with Gasteiger partial charge in [-0.2, -0.15) is 0 Å². The summed E-state index contributed by atoms with van der Waals surface area (Å²) in [7, 11) is 0. The molecule has 0 amide bonds. The minimum atomic E-state index is -1.51. The third kappa shape index (κ3) is 3.23. The molecule has 50 valence electrons. The zero-order valence-corrected chi connectivity index (χ0v) is 7.31. The molecule has 0 aliphatic carbocycles. The van der Waals surface area contributed by atoms with Crippen LogP contribution in [0.4, 0.5) is 4.79 Å². The summed E-state index contributed by atoms with van der Waals surface area (Å²) in [6.45, 7) is 2.02. The van der Waals surface area contributed by atoms with Crippen LogP contribution in [-0.2, 0) is 0 Å². The topological polar surface area (TPSA) is 37.3 Å². The second-order valence-corrected chi connectivity index (χ2v) is 6.90. The van der Waals surface area contributed by atoms with Crippen LogP contribution in [0.15, 0.2) is 0 Å². The number of halogens is 1. The maximum absolute atomic E-state index is 10.2. The van der Waals surface area contributed by atoms with Crippen molar-refractivity contribution in [2.45, 2.75) is 13.3 Å². The van der Waals surface area contributed by atoms with E-state index in [1.807, 2.05) is 11.9 Å². The second kappa shape index (κ2) is 4.12. The van der Waals surface area contributed by atoms with Crippen molar-refractivity contribution in [1.82, 2.24) is 0 Å². The molecule has 0 heterocycles. The van der Waals surface area contributed by atoms with Crippen molar-refractivity contribution in [3.05, 3.63) is 0 Å². The molecule has 0 atom stereocenters. The number of carbonyl (C=O) groups is 1. The van der Waals surface area contributed by atoms with Crippen LogP contribution < -0.4 is 0 Å². The van der Waals surface area contributed by atoms with E-state index in [-0.39, 0.29) is 0 Å². The van der Waals surface area contributed by atoms with Gasteiger partial charge in [-0.25, -0.2) is 0 Å². The van der Waals surface area contributed by atoms with E-state index in [0.717, 1.165) is 10.8 Å². The summed E-state index contributed by atoms with van der Waals surface area (Å²) in [6.07, 6.45) is 1.02. The SMILES string of the molecule is CCCI(C)C(=O)O. The number of carboxylic acid groups (broad SMARTS) is 1.